The number of rotatable bonds is 10. The van der Waals surface area contributed by atoms with Crippen molar-refractivity contribution in [3.63, 3.8) is 0 Å². The number of hydrogen-bond donors (Lipinski definition) is 0. The summed E-state index contributed by atoms with van der Waals surface area (Å²) in [5.74, 6) is 0. The van der Waals surface area contributed by atoms with Crippen LogP contribution < -0.4 is 9.80 Å². The summed E-state index contributed by atoms with van der Waals surface area (Å²) in [5, 5.41) is 6.93. The molecular formula is C70H47N3O. The molecule has 0 N–H and O–H groups in total. The molecule has 4 nitrogen and oxygen atoms in total. The Morgan fingerprint density at radius 3 is 1.50 bits per heavy atom. The first-order valence-electron chi connectivity index (χ1n) is 25.2. The number of anilines is 6. The van der Waals surface area contributed by atoms with E-state index in [1.807, 2.05) is 0 Å². The Hall–Kier alpha value is -9.90. The second kappa shape index (κ2) is 18.1. The number of nitrogens with zero attached hydrogens (tertiary/aromatic N) is 3. The maximum absolute atomic E-state index is 7.21. The molecule has 0 aliphatic carbocycles. The predicted molar refractivity (Wildman–Crippen MR) is 311 cm³/mol. The van der Waals surface area contributed by atoms with Crippen LogP contribution in [-0.4, -0.2) is 4.57 Å². The Bertz CT molecular complexity index is 4310. The Morgan fingerprint density at radius 1 is 0.297 bits per heavy atom. The quantitative estimate of drug-likeness (QED) is 0.137. The molecule has 74 heavy (non-hydrogen) atoms. The van der Waals surface area contributed by atoms with Crippen LogP contribution in [0, 0.1) is 0 Å². The first-order chi connectivity index (χ1) is 36.7. The zero-order valence-electron chi connectivity index (χ0n) is 40.4. The molecule has 12 aromatic carbocycles. The van der Waals surface area contributed by atoms with Gasteiger partial charge in [-0.2, -0.15) is 0 Å². The fraction of sp³-hybridized carbons (Fsp3) is 0. The van der Waals surface area contributed by atoms with E-state index in [0.29, 0.717) is 0 Å². The van der Waals surface area contributed by atoms with Gasteiger partial charge in [-0.1, -0.05) is 188 Å². The Kier molecular flexibility index (Phi) is 10.5. The van der Waals surface area contributed by atoms with Crippen LogP contribution in [0.3, 0.4) is 0 Å². The molecule has 14 rings (SSSR count). The summed E-state index contributed by atoms with van der Waals surface area (Å²) in [6, 6.07) is 103. The summed E-state index contributed by atoms with van der Waals surface area (Å²) in [4.78, 5) is 4.74. The predicted octanol–water partition coefficient (Wildman–Crippen LogP) is 19.8. The van der Waals surface area contributed by atoms with Gasteiger partial charge in [0.15, 0.2) is 0 Å². The van der Waals surface area contributed by atoms with Crippen molar-refractivity contribution in [2.24, 2.45) is 0 Å². The van der Waals surface area contributed by atoms with Gasteiger partial charge in [0.2, 0.25) is 0 Å². The molecule has 2 aromatic heterocycles. The van der Waals surface area contributed by atoms with E-state index in [9.17, 15) is 0 Å². The molecule has 0 unspecified atom stereocenters. The third-order valence-corrected chi connectivity index (χ3v) is 14.5. The monoisotopic (exact) mass is 945 g/mol. The van der Waals surface area contributed by atoms with Crippen molar-refractivity contribution in [3.8, 4) is 39.1 Å². The van der Waals surface area contributed by atoms with Crippen molar-refractivity contribution >= 4 is 88.6 Å². The summed E-state index contributed by atoms with van der Waals surface area (Å²) in [5.41, 5.74) is 18.0. The van der Waals surface area contributed by atoms with E-state index in [1.54, 1.807) is 0 Å². The highest BCUT2D eigenvalue weighted by molar-refractivity contribution is 6.27. The van der Waals surface area contributed by atoms with Crippen LogP contribution in [-0.2, 0) is 0 Å². The van der Waals surface area contributed by atoms with Gasteiger partial charge < -0.3 is 18.8 Å². The van der Waals surface area contributed by atoms with E-state index in [0.717, 1.165) is 94.9 Å². The average molecular weight is 946 g/mol. The number of benzene rings is 12. The highest BCUT2D eigenvalue weighted by atomic mass is 16.3. The van der Waals surface area contributed by atoms with Gasteiger partial charge >= 0.3 is 0 Å². The Balaban J connectivity index is 1.05. The lowest BCUT2D eigenvalue weighted by molar-refractivity contribution is 0.670. The van der Waals surface area contributed by atoms with Crippen LogP contribution >= 0.6 is 0 Å². The molecule has 0 amide bonds. The number of aromatic nitrogens is 1. The number of hydrogen-bond acceptors (Lipinski definition) is 3. The van der Waals surface area contributed by atoms with E-state index < -0.39 is 0 Å². The van der Waals surface area contributed by atoms with Crippen LogP contribution in [0.1, 0.15) is 0 Å². The van der Waals surface area contributed by atoms with Crippen LogP contribution in [0.4, 0.5) is 34.1 Å². The SMILES string of the molecule is c1ccc(-c2cccc(-n3c4ccccc4c4cc(-c5cc(N(c6ccccc6)c6ccccc6)cc(N(c6ccccc6)c6ccc(-c7cccc8ccccc78)cc6)c5)c5oc6ccccc6c5c43)c2)cc1. The second-order valence-electron chi connectivity index (χ2n) is 18.9. The molecule has 0 radical (unpaired) electrons. The van der Waals surface area contributed by atoms with Crippen molar-refractivity contribution in [2.45, 2.75) is 0 Å². The summed E-state index contributed by atoms with van der Waals surface area (Å²) >= 11 is 0. The maximum atomic E-state index is 7.21. The van der Waals surface area contributed by atoms with Gasteiger partial charge in [0.05, 0.1) is 16.4 Å². The van der Waals surface area contributed by atoms with Crippen LogP contribution in [0.5, 0.6) is 0 Å². The molecule has 0 aliphatic heterocycles. The van der Waals surface area contributed by atoms with Crippen molar-refractivity contribution < 1.29 is 4.42 Å². The molecule has 0 atom stereocenters. The Morgan fingerprint density at radius 2 is 0.824 bits per heavy atom. The zero-order chi connectivity index (χ0) is 49.0. The first-order valence-corrected chi connectivity index (χ1v) is 25.2. The largest absolute Gasteiger partial charge is 0.455 e. The van der Waals surface area contributed by atoms with Gasteiger partial charge in [-0.3, -0.25) is 0 Å². The molecular weight excluding hydrogens is 899 g/mol. The minimum atomic E-state index is 0.835. The fourth-order valence-electron chi connectivity index (χ4n) is 11.2. The molecule has 4 heteroatoms. The molecule has 0 bridgehead atoms. The van der Waals surface area contributed by atoms with Crippen LogP contribution in [0.2, 0.25) is 0 Å². The van der Waals surface area contributed by atoms with Gasteiger partial charge in [-0.15, -0.1) is 0 Å². The smallest absolute Gasteiger partial charge is 0.145 e. The van der Waals surface area contributed by atoms with Gasteiger partial charge in [-0.25, -0.2) is 0 Å². The lowest BCUT2D eigenvalue weighted by atomic mass is 9.96. The topological polar surface area (TPSA) is 24.6 Å². The van der Waals surface area contributed by atoms with Crippen molar-refractivity contribution in [1.29, 1.82) is 0 Å². The standard InChI is InChI=1S/C70H47N3O/c1-5-21-48(22-6-1)51-25-19-32-57(43-51)73-66-37-17-15-34-62(66)65-47-64(70-68(69(65)73)63-35-16-18-38-67(63)74-70)52-44-58(71(53-26-7-2-8-27-53)54-28-9-3-10-29-54)46-59(45-52)72(55-30-11-4-12-31-55)56-41-39-50(40-42-56)61-36-20-24-49-23-13-14-33-60(49)61/h1-47H. The van der Waals surface area contributed by atoms with Gasteiger partial charge in [0.1, 0.15) is 11.2 Å². The molecule has 14 aromatic rings. The second-order valence-corrected chi connectivity index (χ2v) is 18.9. The van der Waals surface area contributed by atoms with E-state index in [1.165, 1.54) is 32.8 Å². The summed E-state index contributed by atoms with van der Waals surface area (Å²) in [6.07, 6.45) is 0. The van der Waals surface area contributed by atoms with Crippen molar-refractivity contribution in [3.05, 3.63) is 285 Å². The molecule has 348 valence electrons. The Labute approximate surface area is 429 Å². The van der Waals surface area contributed by atoms with Gasteiger partial charge in [0, 0.05) is 61.5 Å². The highest BCUT2D eigenvalue weighted by Gasteiger charge is 2.26. The molecule has 0 saturated carbocycles. The summed E-state index contributed by atoms with van der Waals surface area (Å²) in [6.45, 7) is 0. The van der Waals surface area contributed by atoms with Gasteiger partial charge in [0.25, 0.3) is 0 Å². The maximum Gasteiger partial charge on any atom is 0.145 e. The van der Waals surface area contributed by atoms with E-state index in [4.69, 9.17) is 4.42 Å². The number of furan rings is 1. The van der Waals surface area contributed by atoms with Crippen LogP contribution in [0.15, 0.2) is 290 Å². The summed E-state index contributed by atoms with van der Waals surface area (Å²) < 4.78 is 9.65. The number of fused-ring (bicyclic) bond motifs is 8. The van der Waals surface area contributed by atoms with E-state index in [2.05, 4.69) is 299 Å². The lowest BCUT2D eigenvalue weighted by Crippen LogP contribution is -2.13. The van der Waals surface area contributed by atoms with E-state index in [-0.39, 0.29) is 0 Å². The lowest BCUT2D eigenvalue weighted by Gasteiger charge is -2.30. The zero-order valence-corrected chi connectivity index (χ0v) is 40.4. The van der Waals surface area contributed by atoms with Crippen molar-refractivity contribution in [2.75, 3.05) is 9.80 Å². The van der Waals surface area contributed by atoms with E-state index >= 15 is 0 Å². The molecule has 0 spiro atoms. The van der Waals surface area contributed by atoms with Crippen LogP contribution in [0.25, 0.3) is 93.6 Å². The third kappa shape index (κ3) is 7.39. The minimum Gasteiger partial charge on any atom is -0.455 e. The number of para-hydroxylation sites is 5. The van der Waals surface area contributed by atoms with Gasteiger partial charge in [-0.05, 0) is 136 Å². The average Bonchev–Trinajstić information content (AvgIpc) is 4.03. The molecule has 2 heterocycles. The summed E-state index contributed by atoms with van der Waals surface area (Å²) in [7, 11) is 0. The molecule has 0 fully saturated rings. The van der Waals surface area contributed by atoms with Crippen molar-refractivity contribution in [1.82, 2.24) is 4.57 Å². The normalized spacial score (nSPS) is 11.5. The molecule has 0 saturated heterocycles. The molecule has 0 aliphatic rings. The highest BCUT2D eigenvalue weighted by Crippen LogP contribution is 2.49. The fourth-order valence-corrected chi connectivity index (χ4v) is 11.2. The first kappa shape index (κ1) is 42.9. The third-order valence-electron chi connectivity index (χ3n) is 14.5. The minimum absolute atomic E-state index is 0.835.